The number of esters is 1. The smallest absolute Gasteiger partial charge is 0.519 e. The lowest BCUT2D eigenvalue weighted by Gasteiger charge is -2.40. The van der Waals surface area contributed by atoms with Gasteiger partial charge in [-0.3, -0.25) is 24.0 Å². The molecule has 3 N–H and O–H groups in total. The number of ketones is 1. The number of hydrogen-bond acceptors (Lipinski definition) is 16. The van der Waals surface area contributed by atoms with Gasteiger partial charge in [0.1, 0.15) is 29.0 Å². The van der Waals surface area contributed by atoms with E-state index in [4.69, 9.17) is 18.3 Å². The fourth-order valence-corrected chi connectivity index (χ4v) is 9.70. The van der Waals surface area contributed by atoms with E-state index in [1.165, 1.54) is 43.4 Å². The van der Waals surface area contributed by atoms with Crippen molar-refractivity contribution in [3.8, 4) is 0 Å². The van der Waals surface area contributed by atoms with Crippen molar-refractivity contribution in [2.75, 3.05) is 13.1 Å². The number of nitrogens with one attached hydrogen (secondary N) is 2. The highest BCUT2D eigenvalue weighted by Crippen LogP contribution is 2.50. The molecule has 1 unspecified atom stereocenters. The Labute approximate surface area is 340 Å². The number of thioether (sulfide) groups is 1. The zero-order valence-electron chi connectivity index (χ0n) is 32.5. The first-order valence-corrected chi connectivity index (χ1v) is 20.8. The zero-order valence-corrected chi connectivity index (χ0v) is 35.0. The fraction of sp³-hybridized carbons (Fsp3) is 0.514. The van der Waals surface area contributed by atoms with Gasteiger partial charge < -0.3 is 38.6 Å². The van der Waals surface area contributed by atoms with Crippen LogP contribution in [0.5, 0.6) is 0 Å². The number of ether oxygens (including phenoxy) is 2. The van der Waals surface area contributed by atoms with E-state index < -0.39 is 93.0 Å². The van der Waals surface area contributed by atoms with E-state index in [2.05, 4.69) is 15.6 Å². The van der Waals surface area contributed by atoms with E-state index in [-0.39, 0.29) is 43.1 Å². The van der Waals surface area contributed by atoms with Crippen LogP contribution < -0.4 is 16.5 Å². The molecular weight excluding hydrogens is 805 g/mol. The average molecular weight is 851 g/mol. The summed E-state index contributed by atoms with van der Waals surface area (Å²) in [7, 11) is 0. The molecule has 310 valence electrons. The third-order valence-corrected chi connectivity index (χ3v) is 13.3. The van der Waals surface area contributed by atoms with E-state index in [0.29, 0.717) is 28.0 Å². The molecule has 0 radical (unpaired) electrons. The number of carbonyl (C=O) groups is 6. The maximum absolute atomic E-state index is 14.6. The Morgan fingerprint density at radius 2 is 1.82 bits per heavy atom. The molecule has 0 spiro atoms. The summed E-state index contributed by atoms with van der Waals surface area (Å²) in [5.41, 5.74) is -2.21. The van der Waals surface area contributed by atoms with Gasteiger partial charge in [0, 0.05) is 24.8 Å². The van der Waals surface area contributed by atoms with E-state index in [1.807, 2.05) is 0 Å². The SMILES string of the molecule is C/C1=C\[C@@H](OC(=O)CNC(=O)CCNC(=O)OC(C)(C)C)C(=O)/C=C/C=C/c2csc(n2)[C@@H](C)N2C(=O)C[C@@]([C@@](C)(O)C(=O)SCc3oc(=O)oc3C)(CC1)[S+]2[O-]. The quantitative estimate of drug-likeness (QED) is 0.175. The minimum atomic E-state index is -2.39. The van der Waals surface area contributed by atoms with Crippen molar-refractivity contribution in [2.24, 2.45) is 0 Å². The van der Waals surface area contributed by atoms with E-state index in [0.717, 1.165) is 4.31 Å². The highest BCUT2D eigenvalue weighted by molar-refractivity contribution is 8.13. The fourth-order valence-electron chi connectivity index (χ4n) is 5.77. The van der Waals surface area contributed by atoms with Crippen LogP contribution in [0.15, 0.2) is 48.9 Å². The molecule has 2 aliphatic rings. The number of allylic oxidation sites excluding steroid dienone is 3. The highest BCUT2D eigenvalue weighted by Gasteiger charge is 2.69. The second-order valence-corrected chi connectivity index (χ2v) is 18.0. The van der Waals surface area contributed by atoms with Crippen LogP contribution >= 0.6 is 23.1 Å². The van der Waals surface area contributed by atoms with Crippen molar-refractivity contribution >= 4 is 75.3 Å². The summed E-state index contributed by atoms with van der Waals surface area (Å²) in [6.45, 7) is 10.3. The second kappa shape index (κ2) is 18.8. The van der Waals surface area contributed by atoms with Gasteiger partial charge in [0.2, 0.25) is 11.0 Å². The number of amides is 3. The summed E-state index contributed by atoms with van der Waals surface area (Å²) >= 11 is -0.501. The van der Waals surface area contributed by atoms with E-state index >= 15 is 0 Å². The Morgan fingerprint density at radius 1 is 1.12 bits per heavy atom. The molecule has 2 aromatic heterocycles. The predicted molar refractivity (Wildman–Crippen MR) is 210 cm³/mol. The van der Waals surface area contributed by atoms with Crippen LogP contribution in [-0.4, -0.2) is 88.9 Å². The van der Waals surface area contributed by atoms with Gasteiger partial charge >= 0.3 is 17.9 Å². The highest BCUT2D eigenvalue weighted by atomic mass is 32.2. The molecule has 4 bridgehead atoms. The number of alkyl carbamates (subject to hydrolysis) is 1. The third-order valence-electron chi connectivity index (χ3n) is 8.89. The van der Waals surface area contributed by atoms with Crippen molar-refractivity contribution in [1.29, 1.82) is 0 Å². The number of carbonyl (C=O) groups excluding carboxylic acids is 6. The Balaban J connectivity index is 1.58. The number of rotatable bonds is 10. The minimum Gasteiger partial charge on any atom is -0.592 e. The van der Waals surface area contributed by atoms with Gasteiger partial charge in [0.25, 0.3) is 5.91 Å². The van der Waals surface area contributed by atoms with Crippen molar-refractivity contribution in [3.63, 3.8) is 0 Å². The number of aryl methyl sites for hydroxylation is 1. The molecule has 2 aliphatic heterocycles. The van der Waals surface area contributed by atoms with Crippen molar-refractivity contribution in [2.45, 2.75) is 108 Å². The van der Waals surface area contributed by atoms with Crippen molar-refractivity contribution in [1.82, 2.24) is 19.9 Å². The monoisotopic (exact) mass is 850 g/mol. The van der Waals surface area contributed by atoms with E-state index in [1.54, 1.807) is 52.2 Å². The first-order valence-electron chi connectivity index (χ1n) is 17.8. The molecule has 20 heteroatoms. The van der Waals surface area contributed by atoms with Gasteiger partial charge in [0.05, 0.1) is 29.2 Å². The number of nitrogens with zero attached hydrogens (tertiary/aromatic N) is 2. The molecular formula is C37H46N4O13S3. The summed E-state index contributed by atoms with van der Waals surface area (Å²) in [5, 5.41) is 18.2. The minimum absolute atomic E-state index is 0.0151. The largest absolute Gasteiger partial charge is 0.592 e. The standard InChI is InChI=1S/C37H46N4O13S3/c1-21-12-14-37(36(7,49)32(46)56-20-27-23(3)51-34(48)53-27)17-29(44)41(57(37)50)22(2)31-40-24(19-55-31)10-8-9-11-25(42)26(16-21)52-30(45)18-39-28(43)13-15-38-33(47)54-35(4,5)6/h8-11,16,19,22,26,49H,12-15,17-18,20H2,1-7H3,(H,38,47)(H,39,43)/b10-8+,11-9+,21-16+/t22-,26-,36+,37-,57?/m1/s1. The molecule has 2 aromatic rings. The van der Waals surface area contributed by atoms with Crippen LogP contribution in [0.3, 0.4) is 0 Å². The van der Waals surface area contributed by atoms with E-state index in [9.17, 15) is 43.2 Å². The summed E-state index contributed by atoms with van der Waals surface area (Å²) in [4.78, 5) is 94.1. The number of hydrogen-bond donors (Lipinski definition) is 3. The lowest BCUT2D eigenvalue weighted by atomic mass is 9.81. The topological polar surface area (TPSA) is 248 Å². The van der Waals surface area contributed by atoms with Gasteiger partial charge in [-0.25, -0.2) is 14.6 Å². The van der Waals surface area contributed by atoms with Crippen LogP contribution in [0.1, 0.15) is 95.5 Å². The number of aromatic nitrogens is 1. The van der Waals surface area contributed by atoms with Crippen molar-refractivity contribution in [3.05, 3.63) is 68.1 Å². The Bertz CT molecular complexity index is 2010. The Kier molecular flexibility index (Phi) is 14.9. The maximum Gasteiger partial charge on any atom is 0.519 e. The van der Waals surface area contributed by atoms with Gasteiger partial charge in [-0.1, -0.05) is 29.5 Å². The molecule has 1 saturated heterocycles. The molecule has 5 atom stereocenters. The van der Waals surface area contributed by atoms with Crippen LogP contribution in [0.2, 0.25) is 0 Å². The average Bonchev–Trinajstić information content (AvgIpc) is 3.80. The molecule has 4 heterocycles. The molecule has 57 heavy (non-hydrogen) atoms. The Morgan fingerprint density at radius 3 is 2.49 bits per heavy atom. The lowest BCUT2D eigenvalue weighted by Crippen LogP contribution is -2.60. The van der Waals surface area contributed by atoms with Crippen LogP contribution in [-0.2, 0) is 50.6 Å². The number of aliphatic hydroxyl groups is 1. The van der Waals surface area contributed by atoms with Gasteiger partial charge in [0.15, 0.2) is 28.0 Å². The molecule has 17 nitrogen and oxygen atoms in total. The molecule has 4 rings (SSSR count). The normalized spacial score (nSPS) is 24.7. The number of fused-ring (bicyclic) bond motifs is 4. The first-order chi connectivity index (χ1) is 26.6. The summed E-state index contributed by atoms with van der Waals surface area (Å²) in [6.07, 6.45) is 4.07. The van der Waals surface area contributed by atoms with Crippen LogP contribution in [0, 0.1) is 6.92 Å². The van der Waals surface area contributed by atoms with Crippen LogP contribution in [0.4, 0.5) is 4.79 Å². The number of thiazole rings is 1. The zero-order chi connectivity index (χ0) is 42.3. The third kappa shape index (κ3) is 11.6. The summed E-state index contributed by atoms with van der Waals surface area (Å²) < 4.78 is 34.3. The van der Waals surface area contributed by atoms with Gasteiger partial charge in [-0.05, 0) is 73.1 Å². The molecule has 0 saturated carbocycles. The lowest BCUT2D eigenvalue weighted by molar-refractivity contribution is -0.150. The predicted octanol–water partition coefficient (Wildman–Crippen LogP) is 3.73. The van der Waals surface area contributed by atoms with Gasteiger partial charge in [-0.15, -0.1) is 11.3 Å². The van der Waals surface area contributed by atoms with Crippen LogP contribution in [0.25, 0.3) is 6.08 Å². The molecule has 0 aromatic carbocycles. The summed E-state index contributed by atoms with van der Waals surface area (Å²) in [5.74, 6) is -3.70. The first kappa shape index (κ1) is 45.2. The molecule has 3 amide bonds. The van der Waals surface area contributed by atoms with Crippen molar-refractivity contribution < 1.29 is 56.7 Å². The Hall–Kier alpha value is -4.50. The summed E-state index contributed by atoms with van der Waals surface area (Å²) in [6, 6.07) is -0.802. The van der Waals surface area contributed by atoms with Gasteiger partial charge in [-0.2, -0.15) is 4.31 Å². The maximum atomic E-state index is 14.6. The molecule has 0 aliphatic carbocycles. The second-order valence-electron chi connectivity index (χ2n) is 14.5. The molecule has 1 fully saturated rings.